The molecule has 1 nitrogen and oxygen atoms in total. The van der Waals surface area contributed by atoms with Crippen LogP contribution in [0.5, 0.6) is 0 Å². The van der Waals surface area contributed by atoms with Crippen LogP contribution in [0.4, 0.5) is 43.9 Å². The second-order valence-electron chi connectivity index (χ2n) is 3.97. The molecule has 0 aliphatic carbocycles. The third kappa shape index (κ3) is 7.62. The quantitative estimate of drug-likeness (QED) is 0.451. The van der Waals surface area contributed by atoms with Gasteiger partial charge in [-0.2, -0.15) is 0 Å². The first-order valence-corrected chi connectivity index (χ1v) is 9.03. The summed E-state index contributed by atoms with van der Waals surface area (Å²) in [6.07, 6.45) is -18.6. The summed E-state index contributed by atoms with van der Waals surface area (Å²) in [5.41, 5.74) is 0. The molecule has 120 valence electrons. The van der Waals surface area contributed by atoms with Crippen molar-refractivity contribution in [1.29, 1.82) is 0 Å². The van der Waals surface area contributed by atoms with Crippen molar-refractivity contribution in [1.82, 2.24) is 0 Å². The molecule has 0 aromatic carbocycles. The van der Waals surface area contributed by atoms with Gasteiger partial charge in [-0.05, 0) is 0 Å². The maximum atomic E-state index is 13.0. The average Bonchev–Trinajstić information content (AvgIpc) is 2.21. The second kappa shape index (κ2) is 6.34. The molecule has 0 atom stereocenters. The van der Waals surface area contributed by atoms with E-state index >= 15 is 0 Å². The fraction of sp³-hybridized carbons (Fsp3) is 1.00. The predicted octanol–water partition coefficient (Wildman–Crippen LogP) is 4.44. The summed E-state index contributed by atoms with van der Waals surface area (Å²) in [4.78, 5) is 0. The van der Waals surface area contributed by atoms with E-state index in [1.165, 1.54) is 0 Å². The molecule has 20 heavy (non-hydrogen) atoms. The Morgan fingerprint density at radius 2 is 0.800 bits per heavy atom. The Morgan fingerprint density at radius 3 is 1.00 bits per heavy atom. The standard InChI is InChI=1S/2C4H4F5.O.Sn/c2*5-3(6)1-2-4(7,8)9;;/h2*1-2H2;;. The van der Waals surface area contributed by atoms with E-state index in [0.29, 0.717) is 0 Å². The molecule has 12 heteroatoms. The molecular formula is C8H8F10OSn. The number of halogens is 10. The third-order valence-corrected chi connectivity index (χ3v) is 7.33. The van der Waals surface area contributed by atoms with Gasteiger partial charge >= 0.3 is 113 Å². The van der Waals surface area contributed by atoms with Crippen LogP contribution in [-0.2, 0) is 3.08 Å². The van der Waals surface area contributed by atoms with Crippen molar-refractivity contribution in [2.45, 2.75) is 45.9 Å². The molecule has 0 amide bonds. The van der Waals surface area contributed by atoms with Crippen LogP contribution >= 0.6 is 0 Å². The van der Waals surface area contributed by atoms with Crippen molar-refractivity contribution in [2.24, 2.45) is 0 Å². The Balaban J connectivity index is 4.75. The normalized spacial score (nSPS) is 14.5. The minimum atomic E-state index is -6.36. The van der Waals surface area contributed by atoms with Crippen LogP contribution in [0.3, 0.4) is 0 Å². The molecule has 0 aliphatic heterocycles. The minimum absolute atomic E-state index is 2.11. The summed E-state index contributed by atoms with van der Waals surface area (Å²) in [6, 6.07) is 0. The molecule has 0 radical (unpaired) electrons. The molecule has 0 spiro atoms. The van der Waals surface area contributed by atoms with Gasteiger partial charge in [-0.15, -0.1) is 0 Å². The van der Waals surface area contributed by atoms with Crippen molar-refractivity contribution in [3.05, 3.63) is 0 Å². The van der Waals surface area contributed by atoms with E-state index in [4.69, 9.17) is 0 Å². The van der Waals surface area contributed by atoms with Gasteiger partial charge in [0.15, 0.2) is 0 Å². The van der Waals surface area contributed by atoms with E-state index < -0.39 is 65.7 Å². The average molecular weight is 429 g/mol. The molecule has 0 unspecified atom stereocenters. The van der Waals surface area contributed by atoms with Gasteiger partial charge in [-0.25, -0.2) is 0 Å². The predicted molar refractivity (Wildman–Crippen MR) is 46.9 cm³/mol. The van der Waals surface area contributed by atoms with Crippen molar-refractivity contribution in [3.63, 3.8) is 0 Å². The third-order valence-electron chi connectivity index (χ3n) is 2.11. The molecule has 0 fully saturated rings. The summed E-state index contributed by atoms with van der Waals surface area (Å²) in [5.74, 6) is 0. The maximum absolute atomic E-state index is 13.0. The number of rotatable bonds is 6. The molecule has 0 aromatic heterocycles. The summed E-state index contributed by atoms with van der Waals surface area (Å²) in [5, 5.41) is 0. The first-order valence-electron chi connectivity index (χ1n) is 5.01. The van der Waals surface area contributed by atoms with Crippen molar-refractivity contribution in [2.75, 3.05) is 0 Å². The Morgan fingerprint density at radius 1 is 0.550 bits per heavy atom. The number of alkyl halides is 10. The zero-order valence-electron chi connectivity index (χ0n) is 9.52. The number of hydrogen-bond donors (Lipinski definition) is 0. The zero-order chi connectivity index (χ0) is 16.4. The van der Waals surface area contributed by atoms with E-state index in [1.807, 2.05) is 0 Å². The van der Waals surface area contributed by atoms with Crippen molar-refractivity contribution in [3.8, 4) is 0 Å². The molecule has 0 saturated heterocycles. The van der Waals surface area contributed by atoms with Gasteiger partial charge in [0.1, 0.15) is 0 Å². The molecule has 0 bridgehead atoms. The van der Waals surface area contributed by atoms with Crippen LogP contribution in [0.15, 0.2) is 0 Å². The SMILES string of the molecule is [O]=[Sn]([C](F)(F)CCC(F)(F)F)[C](F)(F)CCC(F)(F)F. The molecule has 0 saturated carbocycles. The van der Waals surface area contributed by atoms with E-state index in [2.05, 4.69) is 0 Å². The van der Waals surface area contributed by atoms with Gasteiger partial charge in [-0.3, -0.25) is 0 Å². The van der Waals surface area contributed by atoms with E-state index in [9.17, 15) is 47.0 Å². The Hall–Kier alpha value is -0.101. The summed E-state index contributed by atoms with van der Waals surface area (Å²) < 4.78 is 124. The van der Waals surface area contributed by atoms with E-state index in [0.717, 1.165) is 0 Å². The van der Waals surface area contributed by atoms with Gasteiger partial charge in [0.25, 0.3) is 0 Å². The molecule has 0 rings (SSSR count). The Kier molecular flexibility index (Phi) is 6.31. The van der Waals surface area contributed by atoms with Crippen LogP contribution in [0.2, 0.25) is 0 Å². The number of hydrogen-bond acceptors (Lipinski definition) is 1. The van der Waals surface area contributed by atoms with Gasteiger partial charge < -0.3 is 0 Å². The summed E-state index contributed by atoms with van der Waals surface area (Å²) in [7, 11) is 0. The van der Waals surface area contributed by atoms with Gasteiger partial charge in [0, 0.05) is 0 Å². The molecule has 0 aliphatic rings. The summed E-state index contributed by atoms with van der Waals surface area (Å²) in [6.45, 7) is 0. The van der Waals surface area contributed by atoms with Crippen LogP contribution in [-0.4, -0.2) is 40.0 Å². The molecule has 0 aromatic rings. The molecule has 0 N–H and O–H groups in total. The molecular weight excluding hydrogens is 421 g/mol. The van der Waals surface area contributed by atoms with Gasteiger partial charge in [0.05, 0.1) is 0 Å². The summed E-state index contributed by atoms with van der Waals surface area (Å²) >= 11 is -6.36. The van der Waals surface area contributed by atoms with Gasteiger partial charge in [0.2, 0.25) is 0 Å². The first kappa shape index (κ1) is 19.9. The van der Waals surface area contributed by atoms with Crippen LogP contribution in [0.1, 0.15) is 25.7 Å². The van der Waals surface area contributed by atoms with Crippen molar-refractivity contribution >= 4 is 19.7 Å². The Labute approximate surface area is 113 Å². The van der Waals surface area contributed by atoms with Crippen LogP contribution in [0.25, 0.3) is 0 Å². The van der Waals surface area contributed by atoms with Crippen LogP contribution in [0, 0.1) is 0 Å². The zero-order valence-corrected chi connectivity index (χ0v) is 12.4. The van der Waals surface area contributed by atoms with Crippen LogP contribution < -0.4 is 0 Å². The second-order valence-corrected chi connectivity index (χ2v) is 10.0. The van der Waals surface area contributed by atoms with E-state index in [-0.39, 0.29) is 0 Å². The fourth-order valence-electron chi connectivity index (χ4n) is 1.09. The van der Waals surface area contributed by atoms with Gasteiger partial charge in [-0.1, -0.05) is 0 Å². The first-order chi connectivity index (χ1) is 8.57. The Bertz CT molecular complexity index is 312. The monoisotopic (exact) mass is 430 g/mol. The van der Waals surface area contributed by atoms with Crippen molar-refractivity contribution < 1.29 is 47.0 Å². The topological polar surface area (TPSA) is 17.1 Å². The molecule has 0 heterocycles. The van der Waals surface area contributed by atoms with E-state index in [1.54, 1.807) is 0 Å². The fourth-order valence-corrected chi connectivity index (χ4v) is 4.63.